The van der Waals surface area contributed by atoms with E-state index in [1.807, 2.05) is 0 Å². The zero-order valence-corrected chi connectivity index (χ0v) is 12.6. The first-order valence-corrected chi connectivity index (χ1v) is 8.05. The maximum Gasteiger partial charge on any atom is 0.0366 e. The Morgan fingerprint density at radius 3 is 2.50 bits per heavy atom. The van der Waals surface area contributed by atoms with Gasteiger partial charge in [0.05, 0.1) is 0 Å². The molecule has 1 aromatic carbocycles. The van der Waals surface area contributed by atoms with Gasteiger partial charge in [-0.25, -0.2) is 0 Å². The van der Waals surface area contributed by atoms with Crippen molar-refractivity contribution in [2.24, 2.45) is 5.92 Å². The molecule has 3 rings (SSSR count). The summed E-state index contributed by atoms with van der Waals surface area (Å²) in [6, 6.07) is 11.7. The third-order valence-electron chi connectivity index (χ3n) is 4.91. The fourth-order valence-corrected chi connectivity index (χ4v) is 3.78. The van der Waals surface area contributed by atoms with Crippen molar-refractivity contribution >= 4 is 5.69 Å². The van der Waals surface area contributed by atoms with E-state index in [2.05, 4.69) is 52.5 Å². The van der Waals surface area contributed by atoms with Crippen molar-refractivity contribution in [3.8, 4) is 0 Å². The van der Waals surface area contributed by atoms with E-state index in [9.17, 15) is 0 Å². The van der Waals surface area contributed by atoms with E-state index in [1.54, 1.807) is 0 Å². The largest absolute Gasteiger partial charge is 0.371 e. The molecular formula is C17H27N3. The Bertz CT molecular complexity index is 398. The average molecular weight is 273 g/mol. The molecule has 0 bridgehead atoms. The lowest BCUT2D eigenvalue weighted by Gasteiger charge is -2.38. The summed E-state index contributed by atoms with van der Waals surface area (Å²) in [5.41, 5.74) is 1.39. The molecule has 2 fully saturated rings. The lowest BCUT2D eigenvalue weighted by molar-refractivity contribution is 0.200. The highest BCUT2D eigenvalue weighted by Crippen LogP contribution is 2.26. The molecule has 0 amide bonds. The van der Waals surface area contributed by atoms with E-state index >= 15 is 0 Å². The second-order valence-corrected chi connectivity index (χ2v) is 6.26. The zero-order valence-electron chi connectivity index (χ0n) is 12.6. The summed E-state index contributed by atoms with van der Waals surface area (Å²) in [4.78, 5) is 5.28. The maximum absolute atomic E-state index is 3.33. The fourth-order valence-electron chi connectivity index (χ4n) is 3.78. The van der Waals surface area contributed by atoms with Crippen LogP contribution in [0.4, 0.5) is 5.69 Å². The minimum atomic E-state index is 0.816. The van der Waals surface area contributed by atoms with Crippen LogP contribution in [-0.2, 0) is 0 Å². The molecule has 1 aromatic rings. The molecule has 1 unspecified atom stereocenters. The number of hydrogen-bond donors (Lipinski definition) is 1. The molecule has 0 spiro atoms. The molecule has 110 valence electrons. The van der Waals surface area contributed by atoms with Crippen LogP contribution in [0.15, 0.2) is 30.3 Å². The van der Waals surface area contributed by atoms with Crippen LogP contribution in [0, 0.1) is 5.92 Å². The van der Waals surface area contributed by atoms with Crippen molar-refractivity contribution in [3.63, 3.8) is 0 Å². The Labute approximate surface area is 123 Å². The third kappa shape index (κ3) is 3.15. The summed E-state index contributed by atoms with van der Waals surface area (Å²) in [6.07, 6.45) is 4.02. The number of nitrogens with one attached hydrogen (secondary N) is 1. The number of hydrogen-bond acceptors (Lipinski definition) is 3. The predicted molar refractivity (Wildman–Crippen MR) is 85.3 cm³/mol. The summed E-state index contributed by atoms with van der Waals surface area (Å²) < 4.78 is 0. The van der Waals surface area contributed by atoms with Gasteiger partial charge in [0, 0.05) is 31.4 Å². The van der Waals surface area contributed by atoms with Gasteiger partial charge < -0.3 is 10.2 Å². The van der Waals surface area contributed by atoms with Crippen molar-refractivity contribution in [3.05, 3.63) is 30.3 Å². The molecule has 0 aromatic heterocycles. The van der Waals surface area contributed by atoms with Gasteiger partial charge in [0.1, 0.15) is 0 Å². The van der Waals surface area contributed by atoms with Gasteiger partial charge in [-0.15, -0.1) is 0 Å². The Morgan fingerprint density at radius 1 is 1.05 bits per heavy atom. The minimum absolute atomic E-state index is 0.816. The number of nitrogens with zero attached hydrogens (tertiary/aromatic N) is 2. The highest BCUT2D eigenvalue weighted by atomic mass is 15.2. The minimum Gasteiger partial charge on any atom is -0.371 e. The van der Waals surface area contributed by atoms with E-state index in [-0.39, 0.29) is 0 Å². The number of likely N-dealkylation sites (tertiary alicyclic amines) is 1. The zero-order chi connectivity index (χ0) is 13.8. The number of anilines is 1. The van der Waals surface area contributed by atoms with Crippen molar-refractivity contribution in [1.29, 1.82) is 0 Å². The van der Waals surface area contributed by atoms with Gasteiger partial charge >= 0.3 is 0 Å². The Morgan fingerprint density at radius 2 is 1.80 bits per heavy atom. The van der Waals surface area contributed by atoms with Crippen LogP contribution in [0.2, 0.25) is 0 Å². The summed E-state index contributed by atoms with van der Waals surface area (Å²) >= 11 is 0. The standard InChI is InChI=1S/C17H27N3/c1-18-13-15-7-10-20(14-15)17-8-11-19(12-9-17)16-5-3-2-4-6-16/h2-6,15,17-18H,7-14H2,1H3. The van der Waals surface area contributed by atoms with Crippen LogP contribution < -0.4 is 10.2 Å². The van der Waals surface area contributed by atoms with Crippen LogP contribution in [0.5, 0.6) is 0 Å². The first-order valence-electron chi connectivity index (χ1n) is 8.05. The molecule has 1 atom stereocenters. The maximum atomic E-state index is 3.33. The van der Waals surface area contributed by atoms with Crippen LogP contribution in [0.25, 0.3) is 0 Å². The van der Waals surface area contributed by atoms with E-state index < -0.39 is 0 Å². The number of piperidine rings is 1. The Hall–Kier alpha value is -1.06. The van der Waals surface area contributed by atoms with Crippen molar-refractivity contribution in [1.82, 2.24) is 10.2 Å². The molecule has 2 aliphatic heterocycles. The van der Waals surface area contributed by atoms with Gasteiger partial charge in [0.25, 0.3) is 0 Å². The van der Waals surface area contributed by atoms with E-state index in [0.717, 1.165) is 12.0 Å². The molecule has 0 aliphatic carbocycles. The fraction of sp³-hybridized carbons (Fsp3) is 0.647. The van der Waals surface area contributed by atoms with Crippen LogP contribution >= 0.6 is 0 Å². The molecule has 3 nitrogen and oxygen atoms in total. The third-order valence-corrected chi connectivity index (χ3v) is 4.91. The lowest BCUT2D eigenvalue weighted by Crippen LogP contribution is -2.44. The van der Waals surface area contributed by atoms with Gasteiger partial charge in [-0.3, -0.25) is 4.90 Å². The second-order valence-electron chi connectivity index (χ2n) is 6.26. The number of benzene rings is 1. The normalized spacial score (nSPS) is 25.2. The molecule has 2 aliphatic rings. The first kappa shape index (κ1) is 13.9. The monoisotopic (exact) mass is 273 g/mol. The van der Waals surface area contributed by atoms with Crippen LogP contribution in [-0.4, -0.2) is 50.7 Å². The quantitative estimate of drug-likeness (QED) is 0.907. The topological polar surface area (TPSA) is 18.5 Å². The Kier molecular flexibility index (Phi) is 4.58. The van der Waals surface area contributed by atoms with E-state index in [1.165, 1.54) is 57.7 Å². The Balaban J connectivity index is 1.49. The molecular weight excluding hydrogens is 246 g/mol. The highest BCUT2D eigenvalue weighted by Gasteiger charge is 2.30. The van der Waals surface area contributed by atoms with Gasteiger partial charge in [0.15, 0.2) is 0 Å². The lowest BCUT2D eigenvalue weighted by atomic mass is 10.0. The smallest absolute Gasteiger partial charge is 0.0366 e. The summed E-state index contributed by atoms with van der Waals surface area (Å²) in [7, 11) is 2.07. The molecule has 0 radical (unpaired) electrons. The van der Waals surface area contributed by atoms with Crippen LogP contribution in [0.3, 0.4) is 0 Å². The van der Waals surface area contributed by atoms with Crippen molar-refractivity contribution in [2.45, 2.75) is 25.3 Å². The SMILES string of the molecule is CNCC1CCN(C2CCN(c3ccccc3)CC2)C1. The van der Waals surface area contributed by atoms with Crippen LogP contribution in [0.1, 0.15) is 19.3 Å². The van der Waals surface area contributed by atoms with Gasteiger partial charge in [-0.05, 0) is 57.5 Å². The van der Waals surface area contributed by atoms with E-state index in [4.69, 9.17) is 0 Å². The second kappa shape index (κ2) is 6.59. The van der Waals surface area contributed by atoms with E-state index in [0.29, 0.717) is 0 Å². The molecule has 2 heterocycles. The first-order chi connectivity index (χ1) is 9.86. The molecule has 3 heteroatoms. The predicted octanol–water partition coefficient (Wildman–Crippen LogP) is 2.20. The molecule has 0 saturated carbocycles. The number of para-hydroxylation sites is 1. The number of rotatable bonds is 4. The summed E-state index contributed by atoms with van der Waals surface area (Å²) in [6.45, 7) is 6.21. The summed E-state index contributed by atoms with van der Waals surface area (Å²) in [5.74, 6) is 0.868. The van der Waals surface area contributed by atoms with Gasteiger partial charge in [-0.2, -0.15) is 0 Å². The molecule has 2 saturated heterocycles. The highest BCUT2D eigenvalue weighted by molar-refractivity contribution is 5.46. The van der Waals surface area contributed by atoms with Crippen molar-refractivity contribution < 1.29 is 0 Å². The van der Waals surface area contributed by atoms with Gasteiger partial charge in [-0.1, -0.05) is 18.2 Å². The molecule has 1 N–H and O–H groups in total. The average Bonchev–Trinajstić information content (AvgIpc) is 2.97. The molecule has 20 heavy (non-hydrogen) atoms. The van der Waals surface area contributed by atoms with Crippen molar-refractivity contribution in [2.75, 3.05) is 44.7 Å². The van der Waals surface area contributed by atoms with Gasteiger partial charge in [0.2, 0.25) is 0 Å². The summed E-state index contributed by atoms with van der Waals surface area (Å²) in [5, 5.41) is 3.33.